The summed E-state index contributed by atoms with van der Waals surface area (Å²) in [6.45, 7) is 4.52. The van der Waals surface area contributed by atoms with Gasteiger partial charge in [-0.3, -0.25) is 4.79 Å². The van der Waals surface area contributed by atoms with Crippen LogP contribution in [0, 0.1) is 0 Å². The molecule has 1 aliphatic carbocycles. The lowest BCUT2D eigenvalue weighted by molar-refractivity contribution is -0.127. The van der Waals surface area contributed by atoms with Crippen molar-refractivity contribution in [3.05, 3.63) is 29.3 Å². The van der Waals surface area contributed by atoms with Crippen LogP contribution in [-0.2, 0) is 11.2 Å². The number of carbonyl (C=O) groups excluding carboxylic acids is 1. The Kier molecular flexibility index (Phi) is 5.62. The number of aliphatic hydroxyl groups is 1. The zero-order valence-electron chi connectivity index (χ0n) is 12.9. The maximum atomic E-state index is 11.9. The average molecular weight is 291 g/mol. The highest BCUT2D eigenvalue weighted by atomic mass is 16.5. The van der Waals surface area contributed by atoms with Gasteiger partial charge in [-0.25, -0.2) is 0 Å². The van der Waals surface area contributed by atoms with Gasteiger partial charge in [0.15, 0.2) is 6.10 Å². The van der Waals surface area contributed by atoms with Crippen LogP contribution in [0.1, 0.15) is 56.8 Å². The number of amides is 1. The number of hydrogen-bond donors (Lipinski definition) is 2. The van der Waals surface area contributed by atoms with Gasteiger partial charge in [-0.05, 0) is 55.9 Å². The highest BCUT2D eigenvalue weighted by molar-refractivity contribution is 5.80. The predicted octanol–water partition coefficient (Wildman–Crippen LogP) is 2.74. The molecule has 0 spiro atoms. The molecule has 1 aromatic rings. The molecule has 1 unspecified atom stereocenters. The summed E-state index contributed by atoms with van der Waals surface area (Å²) in [6.07, 6.45) is 3.90. The molecule has 0 aromatic heterocycles. The molecule has 1 aliphatic rings. The highest BCUT2D eigenvalue weighted by Crippen LogP contribution is 2.32. The molecule has 1 amide bonds. The van der Waals surface area contributed by atoms with Gasteiger partial charge in [0, 0.05) is 6.54 Å². The van der Waals surface area contributed by atoms with E-state index in [9.17, 15) is 9.90 Å². The molecular weight excluding hydrogens is 266 g/mol. The van der Waals surface area contributed by atoms with Crippen LogP contribution in [0.5, 0.6) is 5.75 Å². The minimum absolute atomic E-state index is 0.0956. The molecule has 4 nitrogen and oxygen atoms in total. The van der Waals surface area contributed by atoms with Gasteiger partial charge in [-0.2, -0.15) is 0 Å². The smallest absolute Gasteiger partial charge is 0.260 e. The predicted molar refractivity (Wildman–Crippen MR) is 82.3 cm³/mol. The van der Waals surface area contributed by atoms with E-state index >= 15 is 0 Å². The van der Waals surface area contributed by atoms with Crippen molar-refractivity contribution >= 4 is 5.91 Å². The highest BCUT2D eigenvalue weighted by Gasteiger charge is 2.20. The molecule has 4 heteroatoms. The van der Waals surface area contributed by atoms with Crippen LogP contribution in [0.3, 0.4) is 0 Å². The minimum Gasteiger partial charge on any atom is -0.481 e. The van der Waals surface area contributed by atoms with Crippen molar-refractivity contribution in [1.29, 1.82) is 0 Å². The number of hydrogen-bond acceptors (Lipinski definition) is 3. The Morgan fingerprint density at radius 1 is 1.52 bits per heavy atom. The van der Waals surface area contributed by atoms with E-state index in [0.29, 0.717) is 12.3 Å². The first-order chi connectivity index (χ1) is 10.1. The fraction of sp³-hybridized carbons (Fsp3) is 0.588. The second-order valence-electron chi connectivity index (χ2n) is 5.67. The summed E-state index contributed by atoms with van der Waals surface area (Å²) in [5, 5.41) is 12.9. The van der Waals surface area contributed by atoms with E-state index in [-0.39, 0.29) is 5.91 Å². The zero-order chi connectivity index (χ0) is 15.2. The van der Waals surface area contributed by atoms with Crippen LogP contribution in [0.25, 0.3) is 0 Å². The van der Waals surface area contributed by atoms with Crippen LogP contribution < -0.4 is 10.1 Å². The van der Waals surface area contributed by atoms with E-state index < -0.39 is 12.2 Å². The van der Waals surface area contributed by atoms with E-state index in [1.807, 2.05) is 18.2 Å². The largest absolute Gasteiger partial charge is 0.481 e. The van der Waals surface area contributed by atoms with Crippen LogP contribution >= 0.6 is 0 Å². The summed E-state index contributed by atoms with van der Waals surface area (Å²) in [4.78, 5) is 11.9. The number of benzene rings is 1. The molecule has 2 atom stereocenters. The first-order valence-electron chi connectivity index (χ1n) is 7.87. The summed E-state index contributed by atoms with van der Waals surface area (Å²) < 4.78 is 5.70. The third-order valence-electron chi connectivity index (χ3n) is 3.91. The van der Waals surface area contributed by atoms with Crippen LogP contribution in [0.15, 0.2) is 18.2 Å². The van der Waals surface area contributed by atoms with Crippen LogP contribution in [0.4, 0.5) is 0 Å². The molecule has 2 N–H and O–H groups in total. The topological polar surface area (TPSA) is 58.6 Å². The number of rotatable bonds is 6. The van der Waals surface area contributed by atoms with Gasteiger partial charge < -0.3 is 15.2 Å². The maximum absolute atomic E-state index is 11.9. The van der Waals surface area contributed by atoms with Gasteiger partial charge >= 0.3 is 0 Å². The summed E-state index contributed by atoms with van der Waals surface area (Å²) in [5.41, 5.74) is 2.12. The Hall–Kier alpha value is -1.55. The molecule has 0 saturated heterocycles. The zero-order valence-corrected chi connectivity index (χ0v) is 12.9. The standard InChI is InChI=1S/C17H25NO3/c1-3-4-10-18-17(20)12(2)21-14-9-8-13-6-5-7-16(19)15(13)11-14/h8-9,11-12,16,19H,3-7,10H2,1-2H3,(H,18,20)/t12?,16-/m0/s1. The lowest BCUT2D eigenvalue weighted by atomic mass is 9.89. The van der Waals surface area contributed by atoms with Gasteiger partial charge in [0.1, 0.15) is 5.75 Å². The van der Waals surface area contributed by atoms with Crippen molar-refractivity contribution in [3.8, 4) is 5.75 Å². The second kappa shape index (κ2) is 7.46. The molecule has 0 saturated carbocycles. The lowest BCUT2D eigenvalue weighted by Crippen LogP contribution is -2.36. The molecule has 116 valence electrons. The second-order valence-corrected chi connectivity index (χ2v) is 5.67. The van der Waals surface area contributed by atoms with Crippen molar-refractivity contribution in [2.24, 2.45) is 0 Å². The van der Waals surface area contributed by atoms with Gasteiger partial charge in [0.25, 0.3) is 5.91 Å². The summed E-state index contributed by atoms with van der Waals surface area (Å²) in [5.74, 6) is 0.551. The third-order valence-corrected chi connectivity index (χ3v) is 3.91. The molecule has 0 aliphatic heterocycles. The molecule has 0 bridgehead atoms. The molecular formula is C17H25NO3. The first-order valence-corrected chi connectivity index (χ1v) is 7.87. The van der Waals surface area contributed by atoms with Crippen molar-refractivity contribution in [3.63, 3.8) is 0 Å². The minimum atomic E-state index is -0.527. The van der Waals surface area contributed by atoms with Gasteiger partial charge in [0.05, 0.1) is 6.10 Å². The number of nitrogens with one attached hydrogen (secondary N) is 1. The van der Waals surface area contributed by atoms with E-state index in [2.05, 4.69) is 12.2 Å². The maximum Gasteiger partial charge on any atom is 0.260 e. The lowest BCUT2D eigenvalue weighted by Gasteiger charge is -2.23. The van der Waals surface area contributed by atoms with E-state index in [0.717, 1.165) is 37.7 Å². The normalized spacial score (nSPS) is 18.7. The van der Waals surface area contributed by atoms with Crippen LogP contribution in [0.2, 0.25) is 0 Å². The molecule has 2 rings (SSSR count). The summed E-state index contributed by atoms with van der Waals surface area (Å²) in [6, 6.07) is 5.75. The van der Waals surface area contributed by atoms with E-state index in [1.54, 1.807) is 6.92 Å². The van der Waals surface area contributed by atoms with Crippen molar-refractivity contribution in [1.82, 2.24) is 5.32 Å². The Labute approximate surface area is 126 Å². The van der Waals surface area contributed by atoms with E-state index in [4.69, 9.17) is 4.74 Å². The third kappa shape index (κ3) is 4.21. The molecule has 21 heavy (non-hydrogen) atoms. The Morgan fingerprint density at radius 3 is 3.10 bits per heavy atom. The molecule has 0 fully saturated rings. The Balaban J connectivity index is 1.96. The van der Waals surface area contributed by atoms with Crippen molar-refractivity contribution in [2.75, 3.05) is 6.54 Å². The monoisotopic (exact) mass is 291 g/mol. The molecule has 0 heterocycles. The van der Waals surface area contributed by atoms with Crippen molar-refractivity contribution in [2.45, 2.75) is 58.2 Å². The fourth-order valence-electron chi connectivity index (χ4n) is 2.62. The van der Waals surface area contributed by atoms with Gasteiger partial charge in [-0.1, -0.05) is 19.4 Å². The fourth-order valence-corrected chi connectivity index (χ4v) is 2.62. The summed E-state index contributed by atoms with van der Waals surface area (Å²) in [7, 11) is 0. The molecule has 1 aromatic carbocycles. The van der Waals surface area contributed by atoms with Gasteiger partial charge in [-0.15, -0.1) is 0 Å². The number of unbranched alkanes of at least 4 members (excludes halogenated alkanes) is 1. The summed E-state index contributed by atoms with van der Waals surface area (Å²) >= 11 is 0. The SMILES string of the molecule is CCCCNC(=O)C(C)Oc1ccc2c(c1)[C@@H](O)CCC2. The van der Waals surface area contributed by atoms with Crippen LogP contribution in [-0.4, -0.2) is 23.7 Å². The van der Waals surface area contributed by atoms with Crippen molar-refractivity contribution < 1.29 is 14.6 Å². The number of aliphatic hydroxyl groups excluding tert-OH is 1. The Morgan fingerprint density at radius 2 is 2.33 bits per heavy atom. The van der Waals surface area contributed by atoms with E-state index in [1.165, 1.54) is 5.56 Å². The number of fused-ring (bicyclic) bond motifs is 1. The number of carbonyl (C=O) groups is 1. The number of ether oxygens (including phenoxy) is 1. The Bertz CT molecular complexity index is 487. The van der Waals surface area contributed by atoms with Gasteiger partial charge in [0.2, 0.25) is 0 Å². The quantitative estimate of drug-likeness (QED) is 0.792. The average Bonchev–Trinajstić information content (AvgIpc) is 2.48. The number of aryl methyl sites for hydroxylation is 1. The molecule has 0 radical (unpaired) electrons. The first kappa shape index (κ1) is 15.8.